The standard InChI is InChI=1S/C18H21BrClNO2/c1-3-9-23-18-11-16(20)13(10-17(18)22-4-2)12-21-15-7-5-14(19)6-8-15/h5-8,10-11,21H,3-4,9,12H2,1-2H3. The van der Waals surface area contributed by atoms with Crippen LogP contribution in [0.3, 0.4) is 0 Å². The van der Waals surface area contributed by atoms with Gasteiger partial charge in [-0.05, 0) is 49.2 Å². The molecule has 0 radical (unpaired) electrons. The lowest BCUT2D eigenvalue weighted by atomic mass is 10.2. The lowest BCUT2D eigenvalue weighted by Gasteiger charge is -2.15. The van der Waals surface area contributed by atoms with Gasteiger partial charge in [0.2, 0.25) is 0 Å². The molecule has 1 N–H and O–H groups in total. The highest BCUT2D eigenvalue weighted by Gasteiger charge is 2.11. The zero-order valence-electron chi connectivity index (χ0n) is 13.4. The molecule has 2 aromatic rings. The Labute approximate surface area is 151 Å². The number of anilines is 1. The van der Waals surface area contributed by atoms with Crippen molar-refractivity contribution in [3.63, 3.8) is 0 Å². The number of nitrogens with one attached hydrogen (secondary N) is 1. The van der Waals surface area contributed by atoms with E-state index in [4.69, 9.17) is 21.1 Å². The Morgan fingerprint density at radius 2 is 1.74 bits per heavy atom. The Morgan fingerprint density at radius 1 is 1.04 bits per heavy atom. The van der Waals surface area contributed by atoms with Gasteiger partial charge in [-0.2, -0.15) is 0 Å². The van der Waals surface area contributed by atoms with E-state index in [0.29, 0.717) is 30.5 Å². The van der Waals surface area contributed by atoms with Gasteiger partial charge < -0.3 is 14.8 Å². The number of ether oxygens (including phenoxy) is 2. The maximum Gasteiger partial charge on any atom is 0.162 e. The van der Waals surface area contributed by atoms with E-state index < -0.39 is 0 Å². The molecule has 0 spiro atoms. The first kappa shape index (κ1) is 18.0. The maximum absolute atomic E-state index is 6.39. The third kappa shape index (κ3) is 5.33. The lowest BCUT2D eigenvalue weighted by Crippen LogP contribution is -2.04. The second-order valence-electron chi connectivity index (χ2n) is 5.03. The molecule has 0 atom stereocenters. The first-order valence-electron chi connectivity index (χ1n) is 7.71. The minimum atomic E-state index is 0.587. The van der Waals surface area contributed by atoms with E-state index in [1.54, 1.807) is 0 Å². The van der Waals surface area contributed by atoms with Crippen molar-refractivity contribution in [1.29, 1.82) is 0 Å². The van der Waals surface area contributed by atoms with Crippen LogP contribution in [0.4, 0.5) is 5.69 Å². The van der Waals surface area contributed by atoms with E-state index >= 15 is 0 Å². The van der Waals surface area contributed by atoms with E-state index in [1.165, 1.54) is 0 Å². The van der Waals surface area contributed by atoms with Crippen molar-refractivity contribution in [2.24, 2.45) is 0 Å². The summed E-state index contributed by atoms with van der Waals surface area (Å²) >= 11 is 9.82. The Hall–Kier alpha value is -1.39. The molecule has 3 nitrogen and oxygen atoms in total. The highest BCUT2D eigenvalue weighted by atomic mass is 79.9. The summed E-state index contributed by atoms with van der Waals surface area (Å²) in [6.45, 7) is 5.88. The smallest absolute Gasteiger partial charge is 0.162 e. The van der Waals surface area contributed by atoms with Gasteiger partial charge in [-0.3, -0.25) is 0 Å². The molecular formula is C18H21BrClNO2. The Kier molecular flexibility index (Phi) is 7.06. The molecule has 0 aliphatic rings. The molecule has 0 aliphatic carbocycles. The van der Waals surface area contributed by atoms with Gasteiger partial charge in [0, 0.05) is 27.8 Å². The first-order valence-corrected chi connectivity index (χ1v) is 8.88. The highest BCUT2D eigenvalue weighted by molar-refractivity contribution is 9.10. The van der Waals surface area contributed by atoms with E-state index in [0.717, 1.165) is 27.9 Å². The molecule has 124 valence electrons. The Balaban J connectivity index is 2.14. The molecule has 0 fully saturated rings. The van der Waals surface area contributed by atoms with Crippen molar-refractivity contribution in [3.05, 3.63) is 51.5 Å². The van der Waals surface area contributed by atoms with Crippen LogP contribution < -0.4 is 14.8 Å². The fraction of sp³-hybridized carbons (Fsp3) is 0.333. The van der Waals surface area contributed by atoms with Crippen molar-refractivity contribution < 1.29 is 9.47 Å². The molecule has 0 amide bonds. The van der Waals surface area contributed by atoms with Crippen LogP contribution in [-0.4, -0.2) is 13.2 Å². The third-order valence-electron chi connectivity index (χ3n) is 3.20. The van der Waals surface area contributed by atoms with Crippen molar-refractivity contribution in [1.82, 2.24) is 0 Å². The van der Waals surface area contributed by atoms with Gasteiger partial charge >= 0.3 is 0 Å². The minimum Gasteiger partial charge on any atom is -0.490 e. The van der Waals surface area contributed by atoms with Gasteiger partial charge in [0.25, 0.3) is 0 Å². The molecule has 0 saturated carbocycles. The van der Waals surface area contributed by atoms with Crippen LogP contribution in [0.2, 0.25) is 5.02 Å². The van der Waals surface area contributed by atoms with Crippen LogP contribution in [0.1, 0.15) is 25.8 Å². The van der Waals surface area contributed by atoms with Crippen LogP contribution in [0.15, 0.2) is 40.9 Å². The number of halogens is 2. The molecule has 0 aromatic heterocycles. The summed E-state index contributed by atoms with van der Waals surface area (Å²) in [6.07, 6.45) is 0.941. The van der Waals surface area contributed by atoms with Crippen LogP contribution in [0.25, 0.3) is 0 Å². The highest BCUT2D eigenvalue weighted by Crippen LogP contribution is 2.34. The molecule has 5 heteroatoms. The Morgan fingerprint density at radius 3 is 2.39 bits per heavy atom. The van der Waals surface area contributed by atoms with Gasteiger partial charge in [-0.1, -0.05) is 34.5 Å². The second kappa shape index (κ2) is 9.04. The van der Waals surface area contributed by atoms with Gasteiger partial charge in [-0.15, -0.1) is 0 Å². The molecule has 2 rings (SSSR count). The first-order chi connectivity index (χ1) is 11.1. The molecule has 0 heterocycles. The van der Waals surface area contributed by atoms with Crippen molar-refractivity contribution in [2.75, 3.05) is 18.5 Å². The molecule has 0 unspecified atom stereocenters. The summed E-state index contributed by atoms with van der Waals surface area (Å²) in [5.74, 6) is 1.43. The predicted octanol–water partition coefficient (Wildman–Crippen LogP) is 5.90. The number of benzene rings is 2. The summed E-state index contributed by atoms with van der Waals surface area (Å²) in [5.41, 5.74) is 2.01. The van der Waals surface area contributed by atoms with Gasteiger partial charge in [-0.25, -0.2) is 0 Å². The number of hydrogen-bond donors (Lipinski definition) is 1. The zero-order valence-corrected chi connectivity index (χ0v) is 15.7. The van der Waals surface area contributed by atoms with Crippen molar-refractivity contribution >= 4 is 33.2 Å². The topological polar surface area (TPSA) is 30.5 Å². The normalized spacial score (nSPS) is 10.4. The molecule has 0 aliphatic heterocycles. The summed E-state index contributed by atoms with van der Waals surface area (Å²) < 4.78 is 12.4. The maximum atomic E-state index is 6.39. The SMILES string of the molecule is CCCOc1cc(Cl)c(CNc2ccc(Br)cc2)cc1OCC. The van der Waals surface area contributed by atoms with Crippen LogP contribution >= 0.6 is 27.5 Å². The largest absolute Gasteiger partial charge is 0.490 e. The summed E-state index contributed by atoms with van der Waals surface area (Å²) in [7, 11) is 0. The third-order valence-corrected chi connectivity index (χ3v) is 4.08. The summed E-state index contributed by atoms with van der Waals surface area (Å²) in [4.78, 5) is 0. The second-order valence-corrected chi connectivity index (χ2v) is 6.36. The molecule has 0 saturated heterocycles. The zero-order chi connectivity index (χ0) is 16.7. The average Bonchev–Trinajstić information content (AvgIpc) is 2.55. The van der Waals surface area contributed by atoms with E-state index in [9.17, 15) is 0 Å². The fourth-order valence-corrected chi connectivity index (χ4v) is 2.56. The quantitative estimate of drug-likeness (QED) is 0.600. The van der Waals surface area contributed by atoms with Crippen LogP contribution in [-0.2, 0) is 6.54 Å². The number of hydrogen-bond acceptors (Lipinski definition) is 3. The monoisotopic (exact) mass is 397 g/mol. The van der Waals surface area contributed by atoms with E-state index in [2.05, 4.69) is 28.2 Å². The fourth-order valence-electron chi connectivity index (χ4n) is 2.07. The van der Waals surface area contributed by atoms with Crippen LogP contribution in [0, 0.1) is 0 Å². The van der Waals surface area contributed by atoms with Gasteiger partial charge in [0.05, 0.1) is 13.2 Å². The minimum absolute atomic E-state index is 0.587. The van der Waals surface area contributed by atoms with E-state index in [1.807, 2.05) is 43.3 Å². The Bertz CT molecular complexity index is 632. The van der Waals surface area contributed by atoms with Gasteiger partial charge in [0.1, 0.15) is 0 Å². The molecule has 2 aromatic carbocycles. The molecular weight excluding hydrogens is 378 g/mol. The predicted molar refractivity (Wildman–Crippen MR) is 99.9 cm³/mol. The van der Waals surface area contributed by atoms with Crippen molar-refractivity contribution in [3.8, 4) is 11.5 Å². The average molecular weight is 399 g/mol. The number of rotatable bonds is 8. The van der Waals surface area contributed by atoms with E-state index in [-0.39, 0.29) is 0 Å². The molecule has 0 bridgehead atoms. The lowest BCUT2D eigenvalue weighted by molar-refractivity contribution is 0.276. The van der Waals surface area contributed by atoms with Crippen molar-refractivity contribution in [2.45, 2.75) is 26.8 Å². The summed E-state index contributed by atoms with van der Waals surface area (Å²) in [5, 5.41) is 4.03. The van der Waals surface area contributed by atoms with Gasteiger partial charge in [0.15, 0.2) is 11.5 Å². The molecule has 23 heavy (non-hydrogen) atoms. The summed E-state index contributed by atoms with van der Waals surface area (Å²) in [6, 6.07) is 11.8. The van der Waals surface area contributed by atoms with Crippen LogP contribution in [0.5, 0.6) is 11.5 Å².